The highest BCUT2D eigenvalue weighted by Gasteiger charge is 2.13. The molecule has 2 aromatic carbocycles. The van der Waals surface area contributed by atoms with Crippen LogP contribution in [0.15, 0.2) is 70.1 Å². The summed E-state index contributed by atoms with van der Waals surface area (Å²) in [5.74, 6) is 0.576. The van der Waals surface area contributed by atoms with Crippen LogP contribution in [0, 0.1) is 0 Å². The van der Waals surface area contributed by atoms with Gasteiger partial charge in [0.05, 0.1) is 32.9 Å². The lowest BCUT2D eigenvalue weighted by Gasteiger charge is -2.10. The Balaban J connectivity index is 2.23. The van der Waals surface area contributed by atoms with E-state index in [2.05, 4.69) is 9.35 Å². The number of para-hydroxylation sites is 2. The Morgan fingerprint density at radius 3 is 2.64 bits per heavy atom. The molecule has 0 N–H and O–H groups in total. The van der Waals surface area contributed by atoms with Crippen LogP contribution in [0.2, 0.25) is 0 Å². The zero-order chi connectivity index (χ0) is 15.6. The molecule has 0 aliphatic carbocycles. The molecule has 0 saturated carbocycles. The van der Waals surface area contributed by atoms with Crippen LogP contribution in [0.3, 0.4) is 0 Å². The molecule has 4 nitrogen and oxygen atoms in total. The van der Waals surface area contributed by atoms with Crippen molar-refractivity contribution in [3.63, 3.8) is 0 Å². The van der Waals surface area contributed by atoms with Gasteiger partial charge in [0.1, 0.15) is 5.75 Å². The molecular weight excluding hydrogens is 296 g/mol. The van der Waals surface area contributed by atoms with E-state index < -0.39 is 9.73 Å². The summed E-state index contributed by atoms with van der Waals surface area (Å²) < 4.78 is 22.9. The summed E-state index contributed by atoms with van der Waals surface area (Å²) in [6.45, 7) is 0. The molecule has 22 heavy (non-hydrogen) atoms. The maximum atomic E-state index is 13.1. The molecule has 1 aromatic heterocycles. The van der Waals surface area contributed by atoms with Gasteiger partial charge in [-0.3, -0.25) is 4.98 Å². The summed E-state index contributed by atoms with van der Waals surface area (Å²) in [6, 6.07) is 16.8. The first-order valence-corrected chi connectivity index (χ1v) is 8.73. The average molecular weight is 312 g/mol. The number of rotatable bonds is 3. The zero-order valence-corrected chi connectivity index (χ0v) is 13.2. The van der Waals surface area contributed by atoms with Crippen molar-refractivity contribution < 1.29 is 8.95 Å². The molecule has 0 spiro atoms. The highest BCUT2D eigenvalue weighted by Crippen LogP contribution is 2.30. The van der Waals surface area contributed by atoms with Crippen molar-refractivity contribution >= 4 is 26.3 Å². The molecule has 0 aliphatic rings. The third-order valence-corrected chi connectivity index (χ3v) is 5.06. The Morgan fingerprint density at radius 1 is 1.05 bits per heavy atom. The summed E-state index contributed by atoms with van der Waals surface area (Å²) >= 11 is 0. The Labute approximate surface area is 130 Å². The second-order valence-corrected chi connectivity index (χ2v) is 7.12. The van der Waals surface area contributed by atoms with Gasteiger partial charge in [-0.2, -0.15) is 4.36 Å². The first kappa shape index (κ1) is 14.5. The van der Waals surface area contributed by atoms with E-state index >= 15 is 0 Å². The molecule has 0 aliphatic heterocycles. The van der Waals surface area contributed by atoms with Gasteiger partial charge in [-0.05, 0) is 24.3 Å². The monoisotopic (exact) mass is 312 g/mol. The van der Waals surface area contributed by atoms with Gasteiger partial charge in [0.2, 0.25) is 0 Å². The van der Waals surface area contributed by atoms with E-state index in [1.165, 1.54) is 0 Å². The topological polar surface area (TPSA) is 51.5 Å². The average Bonchev–Trinajstić information content (AvgIpc) is 2.55. The van der Waals surface area contributed by atoms with Gasteiger partial charge < -0.3 is 4.74 Å². The predicted octanol–water partition coefficient (Wildman–Crippen LogP) is 4.03. The molecule has 0 saturated heterocycles. The van der Waals surface area contributed by atoms with Crippen molar-refractivity contribution in [3.8, 4) is 5.75 Å². The van der Waals surface area contributed by atoms with Gasteiger partial charge in [0.15, 0.2) is 0 Å². The van der Waals surface area contributed by atoms with Crippen molar-refractivity contribution in [1.29, 1.82) is 0 Å². The fourth-order valence-corrected chi connectivity index (χ4v) is 3.81. The SMILES string of the molecule is COc1ccccc1S(C)(=O)=Nc1cccc2cccnc12. The molecule has 1 unspecified atom stereocenters. The number of benzene rings is 2. The summed E-state index contributed by atoms with van der Waals surface area (Å²) in [5.41, 5.74) is 1.37. The van der Waals surface area contributed by atoms with Crippen LogP contribution < -0.4 is 4.74 Å². The Bertz CT molecular complexity index is 939. The molecule has 0 fully saturated rings. The molecule has 0 radical (unpaired) electrons. The number of hydrogen-bond donors (Lipinski definition) is 0. The number of hydrogen-bond acceptors (Lipinski definition) is 4. The molecule has 5 heteroatoms. The smallest absolute Gasteiger partial charge is 0.135 e. The van der Waals surface area contributed by atoms with Crippen molar-refractivity contribution in [2.24, 2.45) is 4.36 Å². The minimum absolute atomic E-state index is 0.576. The minimum Gasteiger partial charge on any atom is -0.495 e. The predicted molar refractivity (Wildman–Crippen MR) is 89.2 cm³/mol. The van der Waals surface area contributed by atoms with E-state index in [4.69, 9.17) is 4.74 Å². The molecular formula is C17H16N2O2S. The Hall–Kier alpha value is -2.40. The fourth-order valence-electron chi connectivity index (χ4n) is 2.33. The van der Waals surface area contributed by atoms with E-state index in [1.54, 1.807) is 31.7 Å². The summed E-state index contributed by atoms with van der Waals surface area (Å²) in [7, 11) is -1.07. The van der Waals surface area contributed by atoms with Gasteiger partial charge in [-0.1, -0.05) is 30.3 Å². The second-order valence-electron chi connectivity index (χ2n) is 4.90. The van der Waals surface area contributed by atoms with Crippen molar-refractivity contribution in [2.45, 2.75) is 4.90 Å². The first-order valence-electron chi connectivity index (χ1n) is 6.81. The maximum Gasteiger partial charge on any atom is 0.135 e. The van der Waals surface area contributed by atoms with Gasteiger partial charge >= 0.3 is 0 Å². The van der Waals surface area contributed by atoms with Crippen LogP contribution in [0.4, 0.5) is 5.69 Å². The van der Waals surface area contributed by atoms with Crippen LogP contribution in [0.25, 0.3) is 10.9 Å². The molecule has 0 amide bonds. The lowest BCUT2D eigenvalue weighted by atomic mass is 10.2. The number of nitrogens with zero attached hydrogens (tertiary/aromatic N) is 2. The van der Waals surface area contributed by atoms with Crippen molar-refractivity contribution in [1.82, 2.24) is 4.98 Å². The van der Waals surface area contributed by atoms with E-state index in [-0.39, 0.29) is 0 Å². The van der Waals surface area contributed by atoms with Gasteiger partial charge in [-0.15, -0.1) is 0 Å². The highest BCUT2D eigenvalue weighted by atomic mass is 32.2. The van der Waals surface area contributed by atoms with Gasteiger partial charge in [-0.25, -0.2) is 4.21 Å². The fraction of sp³-hybridized carbons (Fsp3) is 0.118. The maximum absolute atomic E-state index is 13.1. The van der Waals surface area contributed by atoms with E-state index in [0.717, 1.165) is 10.9 Å². The van der Waals surface area contributed by atoms with Crippen LogP contribution in [-0.4, -0.2) is 22.6 Å². The summed E-state index contributed by atoms with van der Waals surface area (Å²) in [4.78, 5) is 4.94. The van der Waals surface area contributed by atoms with Crippen LogP contribution in [0.5, 0.6) is 5.75 Å². The zero-order valence-electron chi connectivity index (χ0n) is 12.4. The van der Waals surface area contributed by atoms with Gasteiger partial charge in [0, 0.05) is 17.8 Å². The number of ether oxygens (including phenoxy) is 1. The number of pyridine rings is 1. The first-order chi connectivity index (χ1) is 10.6. The quantitative estimate of drug-likeness (QED) is 0.733. The molecule has 0 bridgehead atoms. The van der Waals surface area contributed by atoms with Crippen LogP contribution in [0.1, 0.15) is 0 Å². The number of aromatic nitrogens is 1. The van der Waals surface area contributed by atoms with Crippen LogP contribution >= 0.6 is 0 Å². The summed E-state index contributed by atoms with van der Waals surface area (Å²) in [5, 5.41) is 0.971. The summed E-state index contributed by atoms with van der Waals surface area (Å²) in [6.07, 6.45) is 3.33. The van der Waals surface area contributed by atoms with Crippen molar-refractivity contribution in [3.05, 3.63) is 60.8 Å². The van der Waals surface area contributed by atoms with Crippen LogP contribution in [-0.2, 0) is 9.73 Å². The molecule has 3 aromatic rings. The molecule has 1 heterocycles. The molecule has 3 rings (SSSR count). The standard InChI is InChI=1S/C17H16N2O2S/c1-21-15-10-3-4-11-16(15)22(2,20)19-14-9-5-7-13-8-6-12-18-17(13)14/h3-12H,1-2H3. The lowest BCUT2D eigenvalue weighted by molar-refractivity contribution is 0.404. The number of methoxy groups -OCH3 is 1. The van der Waals surface area contributed by atoms with Gasteiger partial charge in [0.25, 0.3) is 0 Å². The van der Waals surface area contributed by atoms with E-state index in [1.807, 2.05) is 42.5 Å². The normalized spacial score (nSPS) is 13.5. The molecule has 112 valence electrons. The Morgan fingerprint density at radius 2 is 1.82 bits per heavy atom. The Kier molecular flexibility index (Phi) is 3.81. The second kappa shape index (κ2) is 5.77. The third-order valence-electron chi connectivity index (χ3n) is 3.36. The number of fused-ring (bicyclic) bond motifs is 1. The highest BCUT2D eigenvalue weighted by molar-refractivity contribution is 7.93. The molecule has 1 atom stereocenters. The van der Waals surface area contributed by atoms with E-state index in [9.17, 15) is 4.21 Å². The van der Waals surface area contributed by atoms with Crippen molar-refractivity contribution in [2.75, 3.05) is 13.4 Å². The van der Waals surface area contributed by atoms with E-state index in [0.29, 0.717) is 16.3 Å². The lowest BCUT2D eigenvalue weighted by Crippen LogP contribution is -2.00. The minimum atomic E-state index is -2.64. The third kappa shape index (κ3) is 2.67. The largest absolute Gasteiger partial charge is 0.495 e.